The van der Waals surface area contributed by atoms with Crippen LogP contribution in [0.15, 0.2) is 18.2 Å². The van der Waals surface area contributed by atoms with Gasteiger partial charge in [-0.05, 0) is 62.7 Å². The number of benzene rings is 1. The fourth-order valence-electron chi connectivity index (χ4n) is 5.72. The van der Waals surface area contributed by atoms with Gasteiger partial charge in [0.2, 0.25) is 5.82 Å². The van der Waals surface area contributed by atoms with Crippen LogP contribution >= 0.6 is 0 Å². The SMILES string of the molecule is CCn1c(-c2nnnn2C)nc2c1CN([C@H]1CO[C@H](c3cc(F)ccc3F)[C@@H](N(C(=O)O)C(C)(C)C)C1)C2. The first-order valence-electron chi connectivity index (χ1n) is 12.6. The van der Waals surface area contributed by atoms with Crippen molar-refractivity contribution in [2.24, 2.45) is 7.05 Å². The van der Waals surface area contributed by atoms with Crippen LogP contribution in [0.3, 0.4) is 0 Å². The molecule has 0 aliphatic carbocycles. The van der Waals surface area contributed by atoms with E-state index in [9.17, 15) is 18.7 Å². The van der Waals surface area contributed by atoms with E-state index in [0.29, 0.717) is 37.7 Å². The molecule has 2 aliphatic rings. The number of carboxylic acid groups (broad SMARTS) is 1. The molecule has 38 heavy (non-hydrogen) atoms. The lowest BCUT2D eigenvalue weighted by Crippen LogP contribution is -2.58. The standard InChI is InChI=1S/C25H32F2N8O3/c1-6-34-20-12-33(11-18(20)28-22(34)23-29-30-31-32(23)5)15-10-19(35(24(36)37)25(2,3)4)21(38-13-15)16-9-14(26)7-8-17(16)27/h7-9,15,19,21H,6,10-13H2,1-5H3,(H,36,37)/t15-,19+,21-/m1/s1. The number of aryl methyl sites for hydroxylation is 1. The van der Waals surface area contributed by atoms with Crippen LogP contribution < -0.4 is 0 Å². The second kappa shape index (κ2) is 9.70. The van der Waals surface area contributed by atoms with E-state index >= 15 is 0 Å². The molecular formula is C25H32F2N8O3. The molecule has 13 heteroatoms. The van der Waals surface area contributed by atoms with Crippen LogP contribution in [-0.4, -0.2) is 75.0 Å². The fraction of sp³-hybridized carbons (Fsp3) is 0.560. The van der Waals surface area contributed by atoms with Crippen molar-refractivity contribution in [3.8, 4) is 11.6 Å². The topological polar surface area (TPSA) is 114 Å². The van der Waals surface area contributed by atoms with Gasteiger partial charge in [-0.3, -0.25) is 9.80 Å². The number of hydrogen-bond donors (Lipinski definition) is 1. The number of imidazole rings is 1. The lowest BCUT2D eigenvalue weighted by Gasteiger charge is -2.48. The van der Waals surface area contributed by atoms with Gasteiger partial charge in [0, 0.05) is 43.8 Å². The number of hydrogen-bond acceptors (Lipinski definition) is 7. The van der Waals surface area contributed by atoms with Gasteiger partial charge < -0.3 is 14.4 Å². The molecule has 1 fully saturated rings. The summed E-state index contributed by atoms with van der Waals surface area (Å²) in [6.07, 6.45) is -1.69. The molecule has 1 N–H and O–H groups in total. The third kappa shape index (κ3) is 4.53. The Morgan fingerprint density at radius 1 is 1.24 bits per heavy atom. The molecule has 1 amide bonds. The van der Waals surface area contributed by atoms with E-state index in [0.717, 1.165) is 29.6 Å². The van der Waals surface area contributed by atoms with E-state index < -0.39 is 35.4 Å². The summed E-state index contributed by atoms with van der Waals surface area (Å²) in [7, 11) is 1.77. The van der Waals surface area contributed by atoms with E-state index in [1.54, 1.807) is 32.5 Å². The minimum atomic E-state index is -1.14. The van der Waals surface area contributed by atoms with Crippen molar-refractivity contribution < 1.29 is 23.4 Å². The molecule has 3 aromatic rings. The molecule has 5 rings (SSSR count). The Balaban J connectivity index is 1.44. The highest BCUT2D eigenvalue weighted by Gasteiger charge is 2.46. The van der Waals surface area contributed by atoms with Gasteiger partial charge in [0.25, 0.3) is 0 Å². The summed E-state index contributed by atoms with van der Waals surface area (Å²) in [6.45, 7) is 9.44. The molecule has 2 aromatic heterocycles. The third-order valence-corrected chi connectivity index (χ3v) is 7.37. The van der Waals surface area contributed by atoms with Crippen LogP contribution in [0.1, 0.15) is 57.2 Å². The second-order valence-corrected chi connectivity index (χ2v) is 10.8. The predicted octanol–water partition coefficient (Wildman–Crippen LogP) is 3.36. The maximum atomic E-state index is 14.8. The number of nitrogens with zero attached hydrogens (tertiary/aromatic N) is 8. The van der Waals surface area contributed by atoms with Gasteiger partial charge in [-0.1, -0.05) is 0 Å². The van der Waals surface area contributed by atoms with E-state index in [-0.39, 0.29) is 18.2 Å². The first-order valence-corrected chi connectivity index (χ1v) is 12.6. The van der Waals surface area contributed by atoms with Crippen LogP contribution in [0, 0.1) is 11.6 Å². The molecule has 11 nitrogen and oxygen atoms in total. The van der Waals surface area contributed by atoms with Crippen molar-refractivity contribution in [1.29, 1.82) is 0 Å². The van der Waals surface area contributed by atoms with Crippen molar-refractivity contribution in [2.75, 3.05) is 6.61 Å². The highest BCUT2D eigenvalue weighted by atomic mass is 19.1. The minimum Gasteiger partial charge on any atom is -0.465 e. The molecular weight excluding hydrogens is 498 g/mol. The summed E-state index contributed by atoms with van der Waals surface area (Å²) < 4.78 is 38.8. The average molecular weight is 531 g/mol. The zero-order chi connectivity index (χ0) is 27.4. The molecule has 3 atom stereocenters. The summed E-state index contributed by atoms with van der Waals surface area (Å²) in [5, 5.41) is 21.9. The second-order valence-electron chi connectivity index (χ2n) is 10.8. The normalized spacial score (nSPS) is 22.0. The number of amides is 1. The van der Waals surface area contributed by atoms with E-state index in [1.165, 1.54) is 4.90 Å². The van der Waals surface area contributed by atoms with Crippen molar-refractivity contribution in [3.05, 3.63) is 46.8 Å². The number of aromatic nitrogens is 6. The van der Waals surface area contributed by atoms with Gasteiger partial charge in [0.05, 0.1) is 24.0 Å². The zero-order valence-corrected chi connectivity index (χ0v) is 22.1. The van der Waals surface area contributed by atoms with Gasteiger partial charge >= 0.3 is 6.09 Å². The van der Waals surface area contributed by atoms with E-state index in [1.807, 2.05) is 6.92 Å². The van der Waals surface area contributed by atoms with Gasteiger partial charge in [0.15, 0.2) is 5.82 Å². The van der Waals surface area contributed by atoms with E-state index in [2.05, 4.69) is 25.0 Å². The number of carbonyl (C=O) groups is 1. The van der Waals surface area contributed by atoms with Crippen LogP contribution in [0.25, 0.3) is 11.6 Å². The molecule has 1 saturated heterocycles. The quantitative estimate of drug-likeness (QED) is 0.534. The van der Waals surface area contributed by atoms with Crippen molar-refractivity contribution in [3.63, 3.8) is 0 Å². The lowest BCUT2D eigenvalue weighted by molar-refractivity contribution is -0.103. The molecule has 204 valence electrons. The van der Waals surface area contributed by atoms with Crippen LogP contribution in [0.4, 0.5) is 13.6 Å². The van der Waals surface area contributed by atoms with Crippen molar-refractivity contribution in [2.45, 2.75) is 77.5 Å². The Bertz CT molecular complexity index is 1350. The number of tetrazole rings is 1. The highest BCUT2D eigenvalue weighted by molar-refractivity contribution is 5.66. The largest absolute Gasteiger partial charge is 0.465 e. The van der Waals surface area contributed by atoms with Gasteiger partial charge in [-0.25, -0.2) is 23.2 Å². The summed E-state index contributed by atoms with van der Waals surface area (Å²) >= 11 is 0. The summed E-state index contributed by atoms with van der Waals surface area (Å²) in [5.41, 5.74) is 1.18. The molecule has 0 radical (unpaired) electrons. The van der Waals surface area contributed by atoms with Crippen molar-refractivity contribution >= 4 is 6.09 Å². The number of rotatable bonds is 5. The summed E-state index contributed by atoms with van der Waals surface area (Å²) in [4.78, 5) is 20.8. The van der Waals surface area contributed by atoms with Crippen LogP contribution in [0.5, 0.6) is 0 Å². The molecule has 4 heterocycles. The summed E-state index contributed by atoms with van der Waals surface area (Å²) in [6, 6.07) is 2.30. The Morgan fingerprint density at radius 2 is 2.00 bits per heavy atom. The maximum absolute atomic E-state index is 14.8. The smallest absolute Gasteiger partial charge is 0.408 e. The average Bonchev–Trinajstić information content (AvgIpc) is 3.53. The summed E-state index contributed by atoms with van der Waals surface area (Å²) in [5.74, 6) is 0.0553. The van der Waals surface area contributed by atoms with Crippen LogP contribution in [0.2, 0.25) is 0 Å². The molecule has 0 saturated carbocycles. The molecule has 1 aromatic carbocycles. The van der Waals surface area contributed by atoms with Gasteiger partial charge in [0.1, 0.15) is 17.7 Å². The first kappa shape index (κ1) is 26.2. The third-order valence-electron chi connectivity index (χ3n) is 7.37. The zero-order valence-electron chi connectivity index (χ0n) is 22.1. The van der Waals surface area contributed by atoms with Crippen molar-refractivity contribution in [1.82, 2.24) is 39.6 Å². The maximum Gasteiger partial charge on any atom is 0.408 e. The lowest BCUT2D eigenvalue weighted by atomic mass is 9.88. The first-order chi connectivity index (χ1) is 18.0. The molecule has 0 bridgehead atoms. The van der Waals surface area contributed by atoms with Crippen LogP contribution in [-0.2, 0) is 31.4 Å². The van der Waals surface area contributed by atoms with Gasteiger partial charge in [-0.15, -0.1) is 5.10 Å². The molecule has 0 spiro atoms. The molecule has 0 unspecified atom stereocenters. The Morgan fingerprint density at radius 3 is 2.63 bits per heavy atom. The monoisotopic (exact) mass is 530 g/mol. The van der Waals surface area contributed by atoms with Gasteiger partial charge in [-0.2, -0.15) is 0 Å². The highest BCUT2D eigenvalue weighted by Crippen LogP contribution is 2.40. The van der Waals surface area contributed by atoms with E-state index in [4.69, 9.17) is 9.72 Å². The fourth-order valence-corrected chi connectivity index (χ4v) is 5.72. The Kier molecular flexibility index (Phi) is 6.68. The molecule has 2 aliphatic heterocycles. The number of fused-ring (bicyclic) bond motifs is 1. The number of halogens is 2. The minimum absolute atomic E-state index is 0.0228. The Labute approximate surface area is 219 Å². The number of ether oxygens (including phenoxy) is 1. The predicted molar refractivity (Wildman–Crippen MR) is 132 cm³/mol. The Hall–Kier alpha value is -3.45.